The molecule has 2 aliphatic rings. The second-order valence-corrected chi connectivity index (χ2v) is 4.16. The van der Waals surface area contributed by atoms with Gasteiger partial charge in [0.15, 0.2) is 0 Å². The largest absolute Gasteiger partial charge is 0.465 e. The van der Waals surface area contributed by atoms with Gasteiger partial charge in [-0.05, 0) is 34.9 Å². The topological polar surface area (TPSA) is 54.3 Å². The number of hydrogen-bond donors (Lipinski definition) is 2. The number of fused-ring (bicyclic) bond motifs is 2. The Balaban J connectivity index is 1.86. The highest BCUT2D eigenvalue weighted by molar-refractivity contribution is 5.72. The first-order valence-electron chi connectivity index (χ1n) is 5.48. The minimum atomic E-state index is -0.987. The minimum absolute atomic E-state index is 0.363. The van der Waals surface area contributed by atoms with E-state index in [0.29, 0.717) is 6.54 Å². The van der Waals surface area contributed by atoms with E-state index in [4.69, 9.17) is 5.11 Å². The Hall–Kier alpha value is -2.23. The normalized spacial score (nSPS) is 16.6. The lowest BCUT2D eigenvalue weighted by Gasteiger charge is -2.18. The van der Waals surface area contributed by atoms with Crippen LogP contribution in [-0.4, -0.2) is 22.3 Å². The van der Waals surface area contributed by atoms with E-state index < -0.39 is 6.09 Å². The lowest BCUT2D eigenvalue weighted by molar-refractivity contribution is 0.195. The van der Waals surface area contributed by atoms with E-state index in [1.807, 2.05) is 12.1 Å². The SMILES string of the molecule is O=C(O)NCC1=CC=C2Cn3cccc3C=C12. The highest BCUT2D eigenvalue weighted by Crippen LogP contribution is 2.32. The van der Waals surface area contributed by atoms with Crippen LogP contribution in [0.4, 0.5) is 4.79 Å². The molecule has 0 bridgehead atoms. The van der Waals surface area contributed by atoms with Crippen molar-refractivity contribution in [3.8, 4) is 0 Å². The number of carbonyl (C=O) groups is 1. The van der Waals surface area contributed by atoms with E-state index in [1.165, 1.54) is 11.3 Å². The number of nitrogens with one attached hydrogen (secondary N) is 1. The zero-order valence-corrected chi connectivity index (χ0v) is 9.18. The third-order valence-corrected chi connectivity index (χ3v) is 3.11. The fourth-order valence-electron chi connectivity index (χ4n) is 2.27. The molecule has 0 unspecified atom stereocenters. The Morgan fingerprint density at radius 1 is 1.47 bits per heavy atom. The van der Waals surface area contributed by atoms with Crippen LogP contribution in [0.1, 0.15) is 5.69 Å². The molecule has 0 saturated carbocycles. The number of carboxylic acid groups (broad SMARTS) is 1. The van der Waals surface area contributed by atoms with Crippen LogP contribution in [0, 0.1) is 0 Å². The van der Waals surface area contributed by atoms with Crippen molar-refractivity contribution in [2.24, 2.45) is 0 Å². The highest BCUT2D eigenvalue weighted by atomic mass is 16.4. The molecule has 0 spiro atoms. The number of rotatable bonds is 2. The molecule has 4 nitrogen and oxygen atoms in total. The van der Waals surface area contributed by atoms with E-state index in [0.717, 1.165) is 17.7 Å². The van der Waals surface area contributed by atoms with Crippen LogP contribution in [-0.2, 0) is 6.54 Å². The molecule has 3 rings (SSSR count). The summed E-state index contributed by atoms with van der Waals surface area (Å²) in [5.41, 5.74) is 4.61. The quantitative estimate of drug-likeness (QED) is 0.813. The summed E-state index contributed by atoms with van der Waals surface area (Å²) >= 11 is 0. The number of amides is 1. The van der Waals surface area contributed by atoms with Crippen molar-refractivity contribution in [3.63, 3.8) is 0 Å². The molecule has 1 aliphatic heterocycles. The van der Waals surface area contributed by atoms with Gasteiger partial charge in [0.1, 0.15) is 0 Å². The van der Waals surface area contributed by atoms with Gasteiger partial charge in [-0.1, -0.05) is 12.2 Å². The van der Waals surface area contributed by atoms with Crippen molar-refractivity contribution in [1.82, 2.24) is 9.88 Å². The summed E-state index contributed by atoms with van der Waals surface area (Å²) in [6, 6.07) is 4.08. The molecule has 2 heterocycles. The maximum Gasteiger partial charge on any atom is 0.404 e. The van der Waals surface area contributed by atoms with Crippen LogP contribution in [0.2, 0.25) is 0 Å². The highest BCUT2D eigenvalue weighted by Gasteiger charge is 2.20. The molecule has 0 aromatic carbocycles. The molecular weight excluding hydrogens is 216 g/mol. The van der Waals surface area contributed by atoms with E-state index in [2.05, 4.69) is 34.3 Å². The number of aromatic nitrogens is 1. The summed E-state index contributed by atoms with van der Waals surface area (Å²) in [7, 11) is 0. The van der Waals surface area contributed by atoms with Gasteiger partial charge < -0.3 is 15.0 Å². The van der Waals surface area contributed by atoms with Gasteiger partial charge in [0.25, 0.3) is 0 Å². The lowest BCUT2D eigenvalue weighted by Crippen LogP contribution is -2.24. The Morgan fingerprint density at radius 2 is 2.35 bits per heavy atom. The molecule has 17 heavy (non-hydrogen) atoms. The molecule has 0 radical (unpaired) electrons. The van der Waals surface area contributed by atoms with Crippen LogP contribution in [0.15, 0.2) is 47.2 Å². The van der Waals surface area contributed by atoms with Crippen molar-refractivity contribution in [2.75, 3.05) is 6.54 Å². The average Bonchev–Trinajstić information content (AvgIpc) is 2.88. The van der Waals surface area contributed by atoms with Crippen molar-refractivity contribution >= 4 is 12.2 Å². The van der Waals surface area contributed by atoms with Gasteiger partial charge in [0.2, 0.25) is 0 Å². The molecule has 1 aromatic heterocycles. The maximum atomic E-state index is 10.5. The minimum Gasteiger partial charge on any atom is -0.465 e. The third-order valence-electron chi connectivity index (χ3n) is 3.11. The van der Waals surface area contributed by atoms with Crippen molar-refractivity contribution < 1.29 is 9.90 Å². The van der Waals surface area contributed by atoms with Crippen LogP contribution in [0.5, 0.6) is 0 Å². The van der Waals surface area contributed by atoms with Crippen LogP contribution >= 0.6 is 0 Å². The van der Waals surface area contributed by atoms with Crippen LogP contribution < -0.4 is 5.32 Å². The number of nitrogens with zero attached hydrogens (tertiary/aromatic N) is 1. The Kier molecular flexibility index (Phi) is 2.14. The first-order valence-corrected chi connectivity index (χ1v) is 5.48. The first kappa shape index (κ1) is 9.96. The van der Waals surface area contributed by atoms with Gasteiger partial charge in [-0.25, -0.2) is 4.79 Å². The van der Waals surface area contributed by atoms with Gasteiger partial charge in [0, 0.05) is 25.0 Å². The molecule has 0 fully saturated rings. The maximum absolute atomic E-state index is 10.5. The summed E-state index contributed by atoms with van der Waals surface area (Å²) in [6.07, 6.45) is 7.23. The molecule has 2 N–H and O–H groups in total. The Morgan fingerprint density at radius 3 is 3.18 bits per heavy atom. The summed E-state index contributed by atoms with van der Waals surface area (Å²) in [6.45, 7) is 1.23. The fraction of sp³-hybridized carbons (Fsp3) is 0.154. The van der Waals surface area contributed by atoms with E-state index >= 15 is 0 Å². The molecular formula is C13H12N2O2. The lowest BCUT2D eigenvalue weighted by atomic mass is 9.99. The van der Waals surface area contributed by atoms with Crippen molar-refractivity contribution in [3.05, 3.63) is 52.9 Å². The van der Waals surface area contributed by atoms with Gasteiger partial charge in [0.05, 0.1) is 0 Å². The van der Waals surface area contributed by atoms with Gasteiger partial charge in [-0.3, -0.25) is 0 Å². The predicted octanol–water partition coefficient (Wildman–Crippen LogP) is 2.02. The molecule has 1 amide bonds. The standard InChI is InChI=1S/C13H12N2O2/c16-13(17)14-7-9-3-4-10-8-15-5-1-2-11(15)6-12(9)10/h1-6,14H,7-8H2,(H,16,17). The number of hydrogen-bond acceptors (Lipinski definition) is 1. The second kappa shape index (κ2) is 3.66. The molecule has 0 atom stereocenters. The summed E-state index contributed by atoms with van der Waals surface area (Å²) in [5, 5.41) is 11.0. The molecule has 0 saturated heterocycles. The zero-order valence-electron chi connectivity index (χ0n) is 9.18. The summed E-state index contributed by atoms with van der Waals surface area (Å²) < 4.78 is 2.18. The van der Waals surface area contributed by atoms with E-state index in [1.54, 1.807) is 0 Å². The van der Waals surface area contributed by atoms with Crippen molar-refractivity contribution in [2.45, 2.75) is 6.54 Å². The average molecular weight is 228 g/mol. The van der Waals surface area contributed by atoms with Crippen LogP contribution in [0.3, 0.4) is 0 Å². The zero-order chi connectivity index (χ0) is 11.8. The summed E-state index contributed by atoms with van der Waals surface area (Å²) in [5.74, 6) is 0. The molecule has 1 aromatic rings. The fourth-order valence-corrected chi connectivity index (χ4v) is 2.27. The first-order chi connectivity index (χ1) is 8.24. The summed E-state index contributed by atoms with van der Waals surface area (Å²) in [4.78, 5) is 10.5. The van der Waals surface area contributed by atoms with Crippen LogP contribution in [0.25, 0.3) is 6.08 Å². The van der Waals surface area contributed by atoms with Gasteiger partial charge >= 0.3 is 6.09 Å². The number of allylic oxidation sites excluding steroid dienone is 3. The molecule has 1 aliphatic carbocycles. The monoisotopic (exact) mass is 228 g/mol. The van der Waals surface area contributed by atoms with E-state index in [9.17, 15) is 4.79 Å². The van der Waals surface area contributed by atoms with Crippen molar-refractivity contribution in [1.29, 1.82) is 0 Å². The predicted molar refractivity (Wildman–Crippen MR) is 64.6 cm³/mol. The Bertz CT molecular complexity index is 576. The van der Waals surface area contributed by atoms with Gasteiger partial charge in [-0.15, -0.1) is 0 Å². The second-order valence-electron chi connectivity index (χ2n) is 4.16. The molecule has 4 heteroatoms. The molecule has 86 valence electrons. The third kappa shape index (κ3) is 1.67. The van der Waals surface area contributed by atoms with E-state index in [-0.39, 0.29) is 0 Å². The Labute approximate surface area is 98.6 Å². The smallest absolute Gasteiger partial charge is 0.404 e. The van der Waals surface area contributed by atoms with Gasteiger partial charge in [-0.2, -0.15) is 0 Å².